The lowest BCUT2D eigenvalue weighted by atomic mass is 9.92. The summed E-state index contributed by atoms with van der Waals surface area (Å²) in [6, 6.07) is 8.96. The lowest BCUT2D eigenvalue weighted by molar-refractivity contribution is 0.174. The third-order valence-corrected chi connectivity index (χ3v) is 6.64. The fourth-order valence-electron chi connectivity index (χ4n) is 3.82. The molecule has 0 radical (unpaired) electrons. The first-order valence-corrected chi connectivity index (χ1v) is 10.2. The van der Waals surface area contributed by atoms with Gasteiger partial charge in [0.15, 0.2) is 11.5 Å². The summed E-state index contributed by atoms with van der Waals surface area (Å²) in [6.07, 6.45) is 1.90. The summed E-state index contributed by atoms with van der Waals surface area (Å²) in [5, 5.41) is 0.817. The average molecular weight is 388 g/mol. The van der Waals surface area contributed by atoms with Gasteiger partial charge in [0.2, 0.25) is 16.8 Å². The van der Waals surface area contributed by atoms with Gasteiger partial charge in [0, 0.05) is 28.7 Å². The minimum absolute atomic E-state index is 0.0921. The van der Waals surface area contributed by atoms with Crippen LogP contribution in [0.1, 0.15) is 17.7 Å². The Labute approximate surface area is 155 Å². The lowest BCUT2D eigenvalue weighted by Gasteiger charge is -2.23. The Kier molecular flexibility index (Phi) is 3.66. The van der Waals surface area contributed by atoms with Crippen LogP contribution in [-0.4, -0.2) is 26.2 Å². The van der Waals surface area contributed by atoms with E-state index in [2.05, 4.69) is 9.71 Å². The highest BCUT2D eigenvalue weighted by Gasteiger charge is 2.28. The number of fused-ring (bicyclic) bond motifs is 4. The molecule has 0 spiro atoms. The second-order valence-electron chi connectivity index (χ2n) is 6.85. The van der Waals surface area contributed by atoms with Gasteiger partial charge in [0.05, 0.1) is 4.90 Å². The van der Waals surface area contributed by atoms with Crippen LogP contribution in [0.25, 0.3) is 10.9 Å². The van der Waals surface area contributed by atoms with E-state index in [0.717, 1.165) is 22.2 Å². The molecule has 2 aromatic carbocycles. The van der Waals surface area contributed by atoms with Crippen LogP contribution in [0.2, 0.25) is 0 Å². The Morgan fingerprint density at radius 1 is 1.11 bits per heavy atom. The van der Waals surface area contributed by atoms with Crippen molar-refractivity contribution >= 4 is 20.9 Å². The summed E-state index contributed by atoms with van der Waals surface area (Å²) >= 11 is 0. The van der Waals surface area contributed by atoms with E-state index in [1.165, 1.54) is 24.3 Å². The molecule has 0 fully saturated rings. The summed E-state index contributed by atoms with van der Waals surface area (Å²) in [6.45, 7) is 0.0921. The van der Waals surface area contributed by atoms with E-state index in [4.69, 9.17) is 9.47 Å². The number of rotatable bonds is 3. The maximum atomic E-state index is 13.6. The number of benzene rings is 2. The average Bonchev–Trinajstić information content (AvgIpc) is 3.25. The molecular formula is C19H17FN2O4S. The highest BCUT2D eigenvalue weighted by molar-refractivity contribution is 7.89. The maximum Gasteiger partial charge on any atom is 0.240 e. The molecule has 0 bridgehead atoms. The molecule has 140 valence electrons. The standard InChI is InChI=1S/C19H17FN2O4S/c20-11-1-4-16-14(7-11)15-8-12(2-5-17(15)21-16)22-27(23,24)13-3-6-18-19(9-13)26-10-25-18/h1,3-4,6-7,9,12,21-22H,2,5,8,10H2. The number of sulfonamides is 1. The number of hydrogen-bond donors (Lipinski definition) is 2. The van der Waals surface area contributed by atoms with Crippen LogP contribution in [0.3, 0.4) is 0 Å². The molecule has 2 aliphatic rings. The molecular weight excluding hydrogens is 371 g/mol. The Morgan fingerprint density at radius 3 is 2.85 bits per heavy atom. The molecule has 2 heterocycles. The fourth-order valence-corrected chi connectivity index (χ4v) is 5.11. The van der Waals surface area contributed by atoms with Crippen molar-refractivity contribution in [1.29, 1.82) is 0 Å². The number of ether oxygens (including phenoxy) is 2. The first kappa shape index (κ1) is 16.6. The number of aromatic amines is 1. The summed E-state index contributed by atoms with van der Waals surface area (Å²) in [5.41, 5.74) is 2.91. The number of H-pyrrole nitrogens is 1. The zero-order valence-corrected chi connectivity index (χ0v) is 15.1. The van der Waals surface area contributed by atoms with E-state index in [1.54, 1.807) is 12.1 Å². The van der Waals surface area contributed by atoms with E-state index in [1.807, 2.05) is 0 Å². The van der Waals surface area contributed by atoms with Gasteiger partial charge in [-0.15, -0.1) is 0 Å². The minimum atomic E-state index is -3.70. The molecule has 0 amide bonds. The largest absolute Gasteiger partial charge is 0.454 e. The Balaban J connectivity index is 1.42. The molecule has 6 nitrogen and oxygen atoms in total. The molecule has 5 rings (SSSR count). The van der Waals surface area contributed by atoms with Crippen LogP contribution in [0.4, 0.5) is 4.39 Å². The monoisotopic (exact) mass is 388 g/mol. The van der Waals surface area contributed by atoms with Crippen LogP contribution in [-0.2, 0) is 22.9 Å². The smallest absolute Gasteiger partial charge is 0.240 e. The van der Waals surface area contributed by atoms with E-state index in [9.17, 15) is 12.8 Å². The van der Waals surface area contributed by atoms with Gasteiger partial charge in [-0.25, -0.2) is 17.5 Å². The molecule has 2 N–H and O–H groups in total. The van der Waals surface area contributed by atoms with Crippen LogP contribution < -0.4 is 14.2 Å². The Hall–Kier alpha value is -2.58. The van der Waals surface area contributed by atoms with Crippen LogP contribution in [0, 0.1) is 5.82 Å². The molecule has 1 aliphatic heterocycles. The van der Waals surface area contributed by atoms with Crippen molar-refractivity contribution in [3.8, 4) is 11.5 Å². The molecule has 27 heavy (non-hydrogen) atoms. The van der Waals surface area contributed by atoms with Crippen molar-refractivity contribution in [2.45, 2.75) is 30.2 Å². The maximum absolute atomic E-state index is 13.6. The molecule has 1 atom stereocenters. The number of hydrogen-bond acceptors (Lipinski definition) is 4. The third-order valence-electron chi connectivity index (χ3n) is 5.13. The molecule has 8 heteroatoms. The van der Waals surface area contributed by atoms with Gasteiger partial charge < -0.3 is 14.5 Å². The Bertz CT molecular complexity index is 1160. The molecule has 1 aliphatic carbocycles. The van der Waals surface area contributed by atoms with Crippen molar-refractivity contribution in [2.24, 2.45) is 0 Å². The zero-order valence-electron chi connectivity index (χ0n) is 14.3. The Morgan fingerprint density at radius 2 is 1.96 bits per heavy atom. The van der Waals surface area contributed by atoms with Crippen LogP contribution in [0.15, 0.2) is 41.3 Å². The highest BCUT2D eigenvalue weighted by atomic mass is 32.2. The predicted octanol–water partition coefficient (Wildman–Crippen LogP) is 2.87. The van der Waals surface area contributed by atoms with E-state index < -0.39 is 10.0 Å². The fraction of sp³-hybridized carbons (Fsp3) is 0.263. The zero-order chi connectivity index (χ0) is 18.6. The minimum Gasteiger partial charge on any atom is -0.454 e. The van der Waals surface area contributed by atoms with E-state index >= 15 is 0 Å². The summed E-state index contributed by atoms with van der Waals surface area (Å²) in [5.74, 6) is 0.667. The summed E-state index contributed by atoms with van der Waals surface area (Å²) < 4.78 is 52.5. The first-order valence-electron chi connectivity index (χ1n) is 8.70. The van der Waals surface area contributed by atoms with Crippen molar-refractivity contribution in [2.75, 3.05) is 6.79 Å². The van der Waals surface area contributed by atoms with Crippen molar-refractivity contribution in [3.05, 3.63) is 53.5 Å². The molecule has 0 saturated heterocycles. The van der Waals surface area contributed by atoms with E-state index in [0.29, 0.717) is 30.8 Å². The highest BCUT2D eigenvalue weighted by Crippen LogP contribution is 2.34. The normalized spacial score (nSPS) is 18.6. The van der Waals surface area contributed by atoms with Crippen molar-refractivity contribution in [3.63, 3.8) is 0 Å². The van der Waals surface area contributed by atoms with Gasteiger partial charge >= 0.3 is 0 Å². The summed E-state index contributed by atoms with van der Waals surface area (Å²) in [4.78, 5) is 3.45. The van der Waals surface area contributed by atoms with Gasteiger partial charge in [-0.05, 0) is 55.2 Å². The molecule has 1 unspecified atom stereocenters. The predicted molar refractivity (Wildman–Crippen MR) is 97.0 cm³/mol. The quantitative estimate of drug-likeness (QED) is 0.723. The van der Waals surface area contributed by atoms with Crippen molar-refractivity contribution < 1.29 is 22.3 Å². The van der Waals surface area contributed by atoms with Crippen LogP contribution in [0.5, 0.6) is 11.5 Å². The van der Waals surface area contributed by atoms with Crippen LogP contribution >= 0.6 is 0 Å². The van der Waals surface area contributed by atoms with Gasteiger partial charge in [-0.3, -0.25) is 0 Å². The second kappa shape index (κ2) is 5.97. The summed E-state index contributed by atoms with van der Waals surface area (Å²) in [7, 11) is -3.70. The number of halogens is 1. The SMILES string of the molecule is O=S(=O)(NC1CCc2[nH]c3ccc(F)cc3c2C1)c1ccc2c(c1)OCO2. The lowest BCUT2D eigenvalue weighted by Crippen LogP contribution is -2.38. The number of nitrogens with one attached hydrogen (secondary N) is 2. The third kappa shape index (κ3) is 2.85. The van der Waals surface area contributed by atoms with E-state index in [-0.39, 0.29) is 23.5 Å². The molecule has 0 saturated carbocycles. The van der Waals surface area contributed by atoms with Gasteiger partial charge in [0.25, 0.3) is 0 Å². The topological polar surface area (TPSA) is 80.4 Å². The van der Waals surface area contributed by atoms with Gasteiger partial charge in [0.1, 0.15) is 5.82 Å². The molecule has 1 aromatic heterocycles. The molecule has 3 aromatic rings. The van der Waals surface area contributed by atoms with Gasteiger partial charge in [-0.2, -0.15) is 0 Å². The first-order chi connectivity index (χ1) is 13.0. The number of aromatic nitrogens is 1. The number of aryl methyl sites for hydroxylation is 1. The van der Waals surface area contributed by atoms with Gasteiger partial charge in [-0.1, -0.05) is 0 Å². The second-order valence-corrected chi connectivity index (χ2v) is 8.56. The van der Waals surface area contributed by atoms with Crippen molar-refractivity contribution in [1.82, 2.24) is 9.71 Å².